The van der Waals surface area contributed by atoms with Crippen LogP contribution in [0.25, 0.3) is 15.3 Å². The molecule has 2 heterocycles. The number of benzene rings is 2. The summed E-state index contributed by atoms with van der Waals surface area (Å²) in [6, 6.07) is 10.8. The van der Waals surface area contributed by atoms with E-state index in [9.17, 15) is 4.79 Å². The van der Waals surface area contributed by atoms with Gasteiger partial charge in [0.1, 0.15) is 16.5 Å². The monoisotopic (exact) mass is 448 g/mol. The Morgan fingerprint density at radius 2 is 1.83 bits per heavy atom. The van der Waals surface area contributed by atoms with Crippen LogP contribution in [0.4, 0.5) is 11.4 Å². The third-order valence-electron chi connectivity index (χ3n) is 4.13. The molecule has 0 aliphatic carbocycles. The van der Waals surface area contributed by atoms with Crippen LogP contribution in [0.1, 0.15) is 0 Å². The molecule has 2 aromatic heterocycles. The molecule has 2 aromatic carbocycles. The van der Waals surface area contributed by atoms with Crippen molar-refractivity contribution >= 4 is 56.1 Å². The van der Waals surface area contributed by atoms with Gasteiger partial charge in [0.2, 0.25) is 5.13 Å². The standard InChI is InChI=1S/C19H14Cl2N4O3S/c1-27-14-8-15(28-2)12(7-10(14)20)23-13-9-22-25(18(26)17(13)21)19-24-11-5-3-4-6-16(11)29-19/h3-9,23H,1-2H3. The number of nitrogens with one attached hydrogen (secondary N) is 1. The Kier molecular flexibility index (Phi) is 5.31. The highest BCUT2D eigenvalue weighted by atomic mass is 35.5. The summed E-state index contributed by atoms with van der Waals surface area (Å²) in [4.78, 5) is 17.2. The van der Waals surface area contributed by atoms with Gasteiger partial charge in [0.25, 0.3) is 5.56 Å². The lowest BCUT2D eigenvalue weighted by Crippen LogP contribution is -2.22. The first-order chi connectivity index (χ1) is 14.0. The number of methoxy groups -OCH3 is 2. The van der Waals surface area contributed by atoms with Gasteiger partial charge in [-0.15, -0.1) is 0 Å². The fourth-order valence-electron chi connectivity index (χ4n) is 2.71. The summed E-state index contributed by atoms with van der Waals surface area (Å²) >= 11 is 13.9. The van der Waals surface area contributed by atoms with Crippen molar-refractivity contribution in [2.75, 3.05) is 19.5 Å². The zero-order chi connectivity index (χ0) is 20.5. The van der Waals surface area contributed by atoms with Crippen molar-refractivity contribution < 1.29 is 9.47 Å². The quantitative estimate of drug-likeness (QED) is 0.467. The van der Waals surface area contributed by atoms with Gasteiger partial charge in [-0.25, -0.2) is 4.98 Å². The van der Waals surface area contributed by atoms with Crippen molar-refractivity contribution in [2.24, 2.45) is 0 Å². The fraction of sp³-hybridized carbons (Fsp3) is 0.105. The normalized spacial score (nSPS) is 10.9. The lowest BCUT2D eigenvalue weighted by molar-refractivity contribution is 0.396. The number of anilines is 2. The van der Waals surface area contributed by atoms with Gasteiger partial charge in [-0.05, 0) is 18.2 Å². The molecule has 148 valence electrons. The average molecular weight is 449 g/mol. The van der Waals surface area contributed by atoms with Crippen LogP contribution in [0.3, 0.4) is 0 Å². The molecule has 0 unspecified atom stereocenters. The van der Waals surface area contributed by atoms with Gasteiger partial charge >= 0.3 is 0 Å². The summed E-state index contributed by atoms with van der Waals surface area (Å²) in [6.07, 6.45) is 1.45. The van der Waals surface area contributed by atoms with Gasteiger partial charge in [-0.1, -0.05) is 46.7 Å². The Balaban J connectivity index is 1.73. The first-order valence-corrected chi connectivity index (χ1v) is 9.91. The molecule has 0 atom stereocenters. The Hall–Kier alpha value is -2.81. The van der Waals surface area contributed by atoms with Crippen LogP contribution in [-0.2, 0) is 0 Å². The Morgan fingerprint density at radius 3 is 2.55 bits per heavy atom. The summed E-state index contributed by atoms with van der Waals surface area (Å²) in [7, 11) is 3.02. The van der Waals surface area contributed by atoms with Gasteiger partial charge in [0, 0.05) is 6.07 Å². The van der Waals surface area contributed by atoms with Gasteiger partial charge in [-0.3, -0.25) is 4.79 Å². The zero-order valence-corrected chi connectivity index (χ0v) is 17.6. The van der Waals surface area contributed by atoms with Gasteiger partial charge < -0.3 is 14.8 Å². The average Bonchev–Trinajstić information content (AvgIpc) is 3.15. The van der Waals surface area contributed by atoms with Gasteiger partial charge in [-0.2, -0.15) is 9.78 Å². The van der Waals surface area contributed by atoms with E-state index in [4.69, 9.17) is 32.7 Å². The van der Waals surface area contributed by atoms with Crippen molar-refractivity contribution in [3.63, 3.8) is 0 Å². The first-order valence-electron chi connectivity index (χ1n) is 8.34. The maximum absolute atomic E-state index is 12.8. The molecule has 0 aliphatic rings. The van der Waals surface area contributed by atoms with E-state index in [2.05, 4.69) is 15.4 Å². The van der Waals surface area contributed by atoms with Crippen LogP contribution in [-0.4, -0.2) is 29.0 Å². The van der Waals surface area contributed by atoms with Crippen molar-refractivity contribution in [1.29, 1.82) is 0 Å². The van der Waals surface area contributed by atoms with Crippen LogP contribution >= 0.6 is 34.5 Å². The van der Waals surface area contributed by atoms with E-state index >= 15 is 0 Å². The van der Waals surface area contributed by atoms with Crippen LogP contribution in [0.15, 0.2) is 47.4 Å². The first kappa shape index (κ1) is 19.5. The lowest BCUT2D eigenvalue weighted by Gasteiger charge is -2.14. The fourth-order valence-corrected chi connectivity index (χ4v) is 4.05. The van der Waals surface area contributed by atoms with E-state index in [0.29, 0.717) is 33.0 Å². The number of hydrogen-bond acceptors (Lipinski definition) is 7. The van der Waals surface area contributed by atoms with Crippen LogP contribution in [0.2, 0.25) is 10.0 Å². The molecule has 0 spiro atoms. The molecule has 29 heavy (non-hydrogen) atoms. The third kappa shape index (κ3) is 3.62. The number of halogens is 2. The van der Waals surface area contributed by atoms with E-state index in [0.717, 1.165) is 10.2 Å². The van der Waals surface area contributed by atoms with Crippen LogP contribution < -0.4 is 20.3 Å². The Labute approximate surface area is 179 Å². The second-order valence-corrected chi connectivity index (χ2v) is 7.66. The molecule has 0 saturated carbocycles. The number of fused-ring (bicyclic) bond motifs is 1. The predicted molar refractivity (Wildman–Crippen MR) is 116 cm³/mol. The molecular formula is C19H14Cl2N4O3S. The summed E-state index contributed by atoms with van der Waals surface area (Å²) in [5, 5.41) is 8.04. The van der Waals surface area contributed by atoms with Crippen molar-refractivity contribution in [2.45, 2.75) is 0 Å². The van der Waals surface area contributed by atoms with E-state index in [1.807, 2.05) is 24.3 Å². The minimum atomic E-state index is -0.491. The summed E-state index contributed by atoms with van der Waals surface area (Å²) in [5.74, 6) is 0.933. The maximum atomic E-state index is 12.8. The molecule has 0 aliphatic heterocycles. The maximum Gasteiger partial charge on any atom is 0.294 e. The number of para-hydroxylation sites is 1. The second-order valence-electron chi connectivity index (χ2n) is 5.87. The lowest BCUT2D eigenvalue weighted by atomic mass is 10.2. The summed E-state index contributed by atoms with van der Waals surface area (Å²) < 4.78 is 12.7. The Morgan fingerprint density at radius 1 is 1.07 bits per heavy atom. The SMILES string of the molecule is COc1cc(OC)c(Nc2cnn(-c3nc4ccccc4s3)c(=O)c2Cl)cc1Cl. The largest absolute Gasteiger partial charge is 0.495 e. The number of thiazole rings is 1. The van der Waals surface area contributed by atoms with E-state index in [1.54, 1.807) is 12.1 Å². The molecule has 7 nitrogen and oxygen atoms in total. The molecular weight excluding hydrogens is 435 g/mol. The smallest absolute Gasteiger partial charge is 0.294 e. The van der Waals surface area contributed by atoms with Gasteiger partial charge in [0.05, 0.1) is 47.0 Å². The summed E-state index contributed by atoms with van der Waals surface area (Å²) in [5.41, 5.74) is 1.12. The van der Waals surface area contributed by atoms with E-state index in [-0.39, 0.29) is 5.02 Å². The second kappa shape index (κ2) is 7.90. The molecule has 4 rings (SSSR count). The topological polar surface area (TPSA) is 78.3 Å². The predicted octanol–water partition coefficient (Wildman–Crippen LogP) is 4.91. The number of ether oxygens (including phenoxy) is 2. The zero-order valence-electron chi connectivity index (χ0n) is 15.3. The molecule has 0 saturated heterocycles. The molecule has 10 heteroatoms. The third-order valence-corrected chi connectivity index (χ3v) is 5.80. The number of aromatic nitrogens is 3. The molecule has 0 amide bonds. The van der Waals surface area contributed by atoms with Crippen molar-refractivity contribution in [3.05, 3.63) is 63.0 Å². The number of rotatable bonds is 5. The van der Waals surface area contributed by atoms with Crippen LogP contribution in [0, 0.1) is 0 Å². The molecule has 0 bridgehead atoms. The minimum Gasteiger partial charge on any atom is -0.495 e. The van der Waals surface area contributed by atoms with E-state index < -0.39 is 5.56 Å². The minimum absolute atomic E-state index is 0.0340. The van der Waals surface area contributed by atoms with Crippen molar-refractivity contribution in [1.82, 2.24) is 14.8 Å². The van der Waals surface area contributed by atoms with E-state index in [1.165, 1.54) is 36.4 Å². The number of hydrogen-bond donors (Lipinski definition) is 1. The molecule has 4 aromatic rings. The van der Waals surface area contributed by atoms with Crippen molar-refractivity contribution in [3.8, 4) is 16.6 Å². The molecule has 0 fully saturated rings. The summed E-state index contributed by atoms with van der Waals surface area (Å²) in [6.45, 7) is 0. The molecule has 1 N–H and O–H groups in total. The number of nitrogens with zero attached hydrogens (tertiary/aromatic N) is 3. The van der Waals surface area contributed by atoms with Crippen LogP contribution in [0.5, 0.6) is 11.5 Å². The Bertz CT molecular complexity index is 1240. The molecule has 0 radical (unpaired) electrons. The highest BCUT2D eigenvalue weighted by Crippen LogP contribution is 2.38. The highest BCUT2D eigenvalue weighted by Gasteiger charge is 2.16. The highest BCUT2D eigenvalue weighted by molar-refractivity contribution is 7.20. The van der Waals surface area contributed by atoms with Gasteiger partial charge in [0.15, 0.2) is 0 Å².